The van der Waals surface area contributed by atoms with Crippen molar-refractivity contribution in [2.75, 3.05) is 26.1 Å². The topological polar surface area (TPSA) is 81.7 Å². The van der Waals surface area contributed by atoms with Crippen LogP contribution in [0.4, 0.5) is 5.13 Å². The first-order chi connectivity index (χ1) is 13.5. The minimum absolute atomic E-state index is 0.127. The molecule has 0 unspecified atom stereocenters. The average Bonchev–Trinajstić information content (AvgIpc) is 3.08. The zero-order valence-corrected chi connectivity index (χ0v) is 17.2. The van der Waals surface area contributed by atoms with E-state index in [1.807, 2.05) is 25.1 Å². The quantitative estimate of drug-likeness (QED) is 0.590. The predicted molar refractivity (Wildman–Crippen MR) is 114 cm³/mol. The molecule has 0 bridgehead atoms. The highest BCUT2D eigenvalue weighted by atomic mass is 32.1. The van der Waals surface area contributed by atoms with Gasteiger partial charge in [0.25, 0.3) is 5.91 Å². The van der Waals surface area contributed by atoms with E-state index in [0.717, 1.165) is 16.0 Å². The zero-order valence-electron chi connectivity index (χ0n) is 15.6. The van der Waals surface area contributed by atoms with Gasteiger partial charge in [-0.1, -0.05) is 17.4 Å². The van der Waals surface area contributed by atoms with Crippen LogP contribution in [0, 0.1) is 0 Å². The molecule has 0 saturated heterocycles. The predicted octanol–water partition coefficient (Wildman–Crippen LogP) is 3.84. The van der Waals surface area contributed by atoms with Gasteiger partial charge in [0.15, 0.2) is 10.2 Å². The van der Waals surface area contributed by atoms with Crippen molar-refractivity contribution in [1.82, 2.24) is 10.3 Å². The van der Waals surface area contributed by atoms with Crippen LogP contribution in [0.3, 0.4) is 0 Å². The summed E-state index contributed by atoms with van der Waals surface area (Å²) in [6.07, 6.45) is 0. The van der Waals surface area contributed by atoms with Crippen LogP contribution in [0.15, 0.2) is 36.4 Å². The molecule has 0 saturated carbocycles. The van der Waals surface area contributed by atoms with E-state index < -0.39 is 5.91 Å². The van der Waals surface area contributed by atoms with Crippen LogP contribution in [0.2, 0.25) is 0 Å². The summed E-state index contributed by atoms with van der Waals surface area (Å²) in [6, 6.07) is 10.8. The Morgan fingerprint density at radius 3 is 2.54 bits per heavy atom. The molecule has 1 amide bonds. The fourth-order valence-electron chi connectivity index (χ4n) is 2.58. The summed E-state index contributed by atoms with van der Waals surface area (Å²) >= 11 is 6.67. The SMILES string of the molecule is CCOc1ccc2nc(NC(=S)NC(=O)c3c(OC)cccc3OC)sc2c1. The maximum Gasteiger partial charge on any atom is 0.264 e. The lowest BCUT2D eigenvalue weighted by Gasteiger charge is -2.13. The van der Waals surface area contributed by atoms with Crippen LogP contribution in [0.5, 0.6) is 17.2 Å². The van der Waals surface area contributed by atoms with Gasteiger partial charge >= 0.3 is 0 Å². The third kappa shape index (κ3) is 4.32. The number of nitrogens with zero attached hydrogens (tertiary/aromatic N) is 1. The first kappa shape index (κ1) is 19.8. The van der Waals surface area contributed by atoms with E-state index in [0.29, 0.717) is 23.2 Å². The Morgan fingerprint density at radius 1 is 1.18 bits per heavy atom. The normalized spacial score (nSPS) is 10.4. The van der Waals surface area contributed by atoms with Gasteiger partial charge in [-0.25, -0.2) is 4.98 Å². The van der Waals surface area contributed by atoms with Crippen LogP contribution >= 0.6 is 23.6 Å². The minimum atomic E-state index is -0.438. The van der Waals surface area contributed by atoms with Gasteiger partial charge in [0, 0.05) is 0 Å². The Labute approximate surface area is 171 Å². The lowest BCUT2D eigenvalue weighted by atomic mass is 10.1. The molecule has 28 heavy (non-hydrogen) atoms. The van der Waals surface area contributed by atoms with E-state index in [1.54, 1.807) is 18.2 Å². The number of hydrogen-bond acceptors (Lipinski definition) is 7. The summed E-state index contributed by atoms with van der Waals surface area (Å²) in [6.45, 7) is 2.53. The Balaban J connectivity index is 1.74. The molecule has 1 heterocycles. The van der Waals surface area contributed by atoms with E-state index in [4.69, 9.17) is 26.4 Å². The highest BCUT2D eigenvalue weighted by Crippen LogP contribution is 2.30. The highest BCUT2D eigenvalue weighted by molar-refractivity contribution is 7.80. The summed E-state index contributed by atoms with van der Waals surface area (Å²) in [5.41, 5.74) is 1.08. The lowest BCUT2D eigenvalue weighted by molar-refractivity contribution is 0.0971. The molecule has 3 aromatic rings. The van der Waals surface area contributed by atoms with Crippen molar-refractivity contribution in [3.63, 3.8) is 0 Å². The zero-order chi connectivity index (χ0) is 20.1. The first-order valence-electron chi connectivity index (χ1n) is 8.42. The van der Waals surface area contributed by atoms with Crippen LogP contribution in [-0.2, 0) is 0 Å². The summed E-state index contributed by atoms with van der Waals surface area (Å²) < 4.78 is 17.0. The monoisotopic (exact) mass is 417 g/mol. The van der Waals surface area contributed by atoms with E-state index in [2.05, 4.69) is 15.6 Å². The van der Waals surface area contributed by atoms with Crippen molar-refractivity contribution in [3.05, 3.63) is 42.0 Å². The fourth-order valence-corrected chi connectivity index (χ4v) is 3.74. The van der Waals surface area contributed by atoms with E-state index >= 15 is 0 Å². The smallest absolute Gasteiger partial charge is 0.264 e. The van der Waals surface area contributed by atoms with Crippen molar-refractivity contribution in [3.8, 4) is 17.2 Å². The van der Waals surface area contributed by atoms with Gasteiger partial charge in [0.05, 0.1) is 31.0 Å². The second-order valence-corrected chi connectivity index (χ2v) is 6.97. The molecular weight excluding hydrogens is 398 g/mol. The van der Waals surface area contributed by atoms with Gasteiger partial charge in [-0.3, -0.25) is 10.1 Å². The Morgan fingerprint density at radius 2 is 1.89 bits per heavy atom. The van der Waals surface area contributed by atoms with Crippen LogP contribution in [-0.4, -0.2) is 36.8 Å². The van der Waals surface area contributed by atoms with Gasteiger partial charge < -0.3 is 19.5 Å². The fraction of sp³-hybridized carbons (Fsp3) is 0.211. The van der Waals surface area contributed by atoms with E-state index in [1.165, 1.54) is 25.6 Å². The van der Waals surface area contributed by atoms with Crippen molar-refractivity contribution in [2.45, 2.75) is 6.92 Å². The van der Waals surface area contributed by atoms with Gasteiger partial charge in [0.2, 0.25) is 0 Å². The number of nitrogens with one attached hydrogen (secondary N) is 2. The number of ether oxygens (including phenoxy) is 3. The average molecular weight is 418 g/mol. The first-order valence-corrected chi connectivity index (χ1v) is 9.65. The number of carbonyl (C=O) groups excluding carboxylic acids is 1. The number of methoxy groups -OCH3 is 2. The number of carbonyl (C=O) groups is 1. The number of aromatic nitrogens is 1. The number of thiazole rings is 1. The molecule has 0 atom stereocenters. The van der Waals surface area contributed by atoms with Gasteiger partial charge in [-0.05, 0) is 49.5 Å². The van der Waals surface area contributed by atoms with Gasteiger partial charge in [-0.2, -0.15) is 0 Å². The summed E-state index contributed by atoms with van der Waals surface area (Å²) in [4.78, 5) is 17.1. The highest BCUT2D eigenvalue weighted by Gasteiger charge is 2.19. The van der Waals surface area contributed by atoms with Crippen LogP contribution in [0.1, 0.15) is 17.3 Å². The molecule has 1 aromatic heterocycles. The molecule has 2 aromatic carbocycles. The van der Waals surface area contributed by atoms with Crippen LogP contribution in [0.25, 0.3) is 10.2 Å². The third-order valence-corrected chi connectivity index (χ3v) is 4.91. The lowest BCUT2D eigenvalue weighted by Crippen LogP contribution is -2.34. The Hall–Kier alpha value is -2.91. The largest absolute Gasteiger partial charge is 0.496 e. The number of benzene rings is 2. The molecule has 0 spiro atoms. The van der Waals surface area contributed by atoms with Crippen molar-refractivity contribution in [1.29, 1.82) is 0 Å². The number of amides is 1. The summed E-state index contributed by atoms with van der Waals surface area (Å²) in [7, 11) is 2.97. The molecule has 146 valence electrons. The Bertz CT molecular complexity index is 997. The second kappa shape index (κ2) is 8.85. The van der Waals surface area contributed by atoms with Crippen LogP contribution < -0.4 is 24.8 Å². The molecule has 2 N–H and O–H groups in total. The standard InChI is InChI=1S/C19H19N3O4S2/c1-4-26-11-8-9-12-15(10-11)28-19(20-12)22-18(27)21-17(23)16-13(24-2)6-5-7-14(16)25-3/h5-10H,4H2,1-3H3,(H2,20,21,22,23,27). The molecule has 0 aliphatic carbocycles. The molecule has 3 rings (SSSR count). The number of fused-ring (bicyclic) bond motifs is 1. The number of thiocarbonyl (C=S) groups is 1. The summed E-state index contributed by atoms with van der Waals surface area (Å²) in [5, 5.41) is 6.27. The van der Waals surface area contributed by atoms with Crippen molar-refractivity contribution >= 4 is 49.9 Å². The minimum Gasteiger partial charge on any atom is -0.496 e. The summed E-state index contributed by atoms with van der Waals surface area (Å²) in [5.74, 6) is 1.13. The maximum absolute atomic E-state index is 12.7. The third-order valence-electron chi connectivity index (χ3n) is 3.77. The van der Waals surface area contributed by atoms with Gasteiger partial charge in [0.1, 0.15) is 22.8 Å². The molecule has 0 aliphatic rings. The van der Waals surface area contributed by atoms with Crippen molar-refractivity contribution in [2.24, 2.45) is 0 Å². The van der Waals surface area contributed by atoms with Gasteiger partial charge in [-0.15, -0.1) is 0 Å². The molecule has 7 nitrogen and oxygen atoms in total. The molecule has 0 radical (unpaired) electrons. The Kier molecular flexibility index (Phi) is 6.27. The number of hydrogen-bond donors (Lipinski definition) is 2. The number of rotatable bonds is 6. The molecule has 9 heteroatoms. The second-order valence-electron chi connectivity index (χ2n) is 5.53. The van der Waals surface area contributed by atoms with E-state index in [9.17, 15) is 4.79 Å². The van der Waals surface area contributed by atoms with E-state index in [-0.39, 0.29) is 10.7 Å². The molecular formula is C19H19N3O4S2. The maximum atomic E-state index is 12.7. The van der Waals surface area contributed by atoms with Crippen molar-refractivity contribution < 1.29 is 19.0 Å². The number of anilines is 1. The molecule has 0 aliphatic heterocycles. The molecule has 0 fully saturated rings.